The van der Waals surface area contributed by atoms with Crippen LogP contribution in [0.4, 0.5) is 21.5 Å². The first-order chi connectivity index (χ1) is 10.2. The van der Waals surface area contributed by atoms with Gasteiger partial charge in [0, 0.05) is 0 Å². The summed E-state index contributed by atoms with van der Waals surface area (Å²) in [6, 6.07) is 11.3. The summed E-state index contributed by atoms with van der Waals surface area (Å²) < 4.78 is 18.7. The molecule has 2 rings (SSSR count). The van der Waals surface area contributed by atoms with Crippen LogP contribution >= 0.6 is 0 Å². The van der Waals surface area contributed by atoms with E-state index in [-0.39, 0.29) is 5.56 Å². The Hall–Kier alpha value is -2.74. The number of ether oxygens (including phenoxy) is 1. The molecule has 108 valence electrons. The lowest BCUT2D eigenvalue weighted by atomic mass is 10.1. The summed E-state index contributed by atoms with van der Waals surface area (Å²) in [4.78, 5) is 0. The van der Waals surface area contributed by atoms with Gasteiger partial charge in [0.15, 0.2) is 0 Å². The molecule has 0 radical (unpaired) electrons. The van der Waals surface area contributed by atoms with Crippen LogP contribution < -0.4 is 15.8 Å². The van der Waals surface area contributed by atoms with Crippen molar-refractivity contribution >= 4 is 17.1 Å². The Morgan fingerprint density at radius 2 is 2.10 bits per heavy atom. The highest BCUT2D eigenvalue weighted by Crippen LogP contribution is 2.32. The van der Waals surface area contributed by atoms with Crippen molar-refractivity contribution in [1.29, 1.82) is 5.26 Å². The maximum absolute atomic E-state index is 13.1. The number of nitrogens with zero attached hydrogens (tertiary/aromatic N) is 1. The Balaban J connectivity index is 2.30. The summed E-state index contributed by atoms with van der Waals surface area (Å²) in [5.41, 5.74) is 7.84. The van der Waals surface area contributed by atoms with Gasteiger partial charge < -0.3 is 15.8 Å². The van der Waals surface area contributed by atoms with E-state index in [1.165, 1.54) is 18.2 Å². The first-order valence-electron chi connectivity index (χ1n) is 6.63. The number of hydrogen-bond acceptors (Lipinski definition) is 4. The van der Waals surface area contributed by atoms with Gasteiger partial charge in [-0.25, -0.2) is 4.39 Å². The normalized spacial score (nSPS) is 9.95. The van der Waals surface area contributed by atoms with Crippen LogP contribution in [0.3, 0.4) is 0 Å². The Kier molecular flexibility index (Phi) is 4.62. The third kappa shape index (κ3) is 3.42. The average molecular weight is 285 g/mol. The van der Waals surface area contributed by atoms with Crippen LogP contribution in [0, 0.1) is 17.1 Å². The van der Waals surface area contributed by atoms with Crippen molar-refractivity contribution in [2.45, 2.75) is 13.3 Å². The second kappa shape index (κ2) is 6.62. The molecular weight excluding hydrogens is 269 g/mol. The van der Waals surface area contributed by atoms with Crippen molar-refractivity contribution in [2.24, 2.45) is 0 Å². The zero-order valence-electron chi connectivity index (χ0n) is 11.7. The molecule has 0 atom stereocenters. The van der Waals surface area contributed by atoms with Gasteiger partial charge in [-0.1, -0.05) is 13.0 Å². The van der Waals surface area contributed by atoms with Gasteiger partial charge in [-0.2, -0.15) is 5.26 Å². The molecule has 0 aliphatic carbocycles. The van der Waals surface area contributed by atoms with Gasteiger partial charge in [0.2, 0.25) is 0 Å². The van der Waals surface area contributed by atoms with Crippen LogP contribution in [0.2, 0.25) is 0 Å². The molecule has 21 heavy (non-hydrogen) atoms. The first kappa shape index (κ1) is 14.7. The fraction of sp³-hybridized carbons (Fsp3) is 0.188. The Bertz CT molecular complexity index is 680. The quantitative estimate of drug-likeness (QED) is 0.819. The summed E-state index contributed by atoms with van der Waals surface area (Å²) in [5, 5.41) is 12.1. The number of para-hydroxylation sites is 1. The molecule has 4 nitrogen and oxygen atoms in total. The van der Waals surface area contributed by atoms with Crippen LogP contribution in [-0.2, 0) is 0 Å². The molecule has 0 saturated heterocycles. The van der Waals surface area contributed by atoms with Crippen LogP contribution in [0.15, 0.2) is 36.4 Å². The fourth-order valence-electron chi connectivity index (χ4n) is 1.85. The predicted molar refractivity (Wildman–Crippen MR) is 81.0 cm³/mol. The molecule has 0 aliphatic rings. The van der Waals surface area contributed by atoms with Gasteiger partial charge in [0.25, 0.3) is 0 Å². The second-order valence-electron chi connectivity index (χ2n) is 4.49. The third-order valence-electron chi connectivity index (χ3n) is 2.90. The molecule has 0 fully saturated rings. The summed E-state index contributed by atoms with van der Waals surface area (Å²) >= 11 is 0. The number of nitriles is 1. The van der Waals surface area contributed by atoms with Crippen LogP contribution in [-0.4, -0.2) is 6.61 Å². The van der Waals surface area contributed by atoms with Gasteiger partial charge in [-0.3, -0.25) is 0 Å². The highest BCUT2D eigenvalue weighted by Gasteiger charge is 2.09. The lowest BCUT2D eigenvalue weighted by molar-refractivity contribution is 0.319. The molecule has 0 saturated carbocycles. The van der Waals surface area contributed by atoms with Gasteiger partial charge in [-0.15, -0.1) is 0 Å². The van der Waals surface area contributed by atoms with E-state index in [0.717, 1.165) is 6.42 Å². The SMILES string of the molecule is CCCOc1cccc(Nc2ccc(F)cc2C#N)c1N. The van der Waals surface area contributed by atoms with E-state index in [9.17, 15) is 4.39 Å². The van der Waals surface area contributed by atoms with Gasteiger partial charge >= 0.3 is 0 Å². The lowest BCUT2D eigenvalue weighted by Crippen LogP contribution is -2.03. The number of nitrogen functional groups attached to an aromatic ring is 1. The molecule has 2 aromatic carbocycles. The summed E-state index contributed by atoms with van der Waals surface area (Å²) in [6.07, 6.45) is 0.883. The molecule has 3 N–H and O–H groups in total. The van der Waals surface area contributed by atoms with E-state index in [4.69, 9.17) is 15.7 Å². The number of rotatable bonds is 5. The minimum atomic E-state index is -0.454. The van der Waals surface area contributed by atoms with E-state index in [0.29, 0.717) is 29.4 Å². The van der Waals surface area contributed by atoms with Crippen molar-refractivity contribution in [1.82, 2.24) is 0 Å². The number of benzene rings is 2. The highest BCUT2D eigenvalue weighted by molar-refractivity contribution is 5.79. The summed E-state index contributed by atoms with van der Waals surface area (Å²) in [7, 11) is 0. The number of anilines is 3. The molecule has 2 aromatic rings. The monoisotopic (exact) mass is 285 g/mol. The van der Waals surface area contributed by atoms with Crippen molar-refractivity contribution in [3.05, 3.63) is 47.8 Å². The molecule has 5 heteroatoms. The molecule has 0 unspecified atom stereocenters. The van der Waals surface area contributed by atoms with Gasteiger partial charge in [0.1, 0.15) is 17.6 Å². The molecule has 0 spiro atoms. The van der Waals surface area contributed by atoms with Crippen molar-refractivity contribution in [2.75, 3.05) is 17.7 Å². The number of halogens is 1. The van der Waals surface area contributed by atoms with E-state index in [1.54, 1.807) is 18.2 Å². The fourth-order valence-corrected chi connectivity index (χ4v) is 1.85. The largest absolute Gasteiger partial charge is 0.491 e. The standard InChI is InChI=1S/C16H16FN3O/c1-2-8-21-15-5-3-4-14(16(15)19)20-13-7-6-12(17)9-11(13)10-18/h3-7,9,20H,2,8,19H2,1H3. The van der Waals surface area contributed by atoms with Crippen molar-refractivity contribution < 1.29 is 9.13 Å². The van der Waals surface area contributed by atoms with E-state index in [2.05, 4.69) is 5.32 Å². The van der Waals surface area contributed by atoms with E-state index in [1.807, 2.05) is 13.0 Å². The number of nitrogens with two attached hydrogens (primary N) is 1. The van der Waals surface area contributed by atoms with Crippen molar-refractivity contribution in [3.8, 4) is 11.8 Å². The Labute approximate surface area is 123 Å². The predicted octanol–water partition coefficient (Wildman–Crippen LogP) is 3.81. The van der Waals surface area contributed by atoms with E-state index >= 15 is 0 Å². The first-order valence-corrected chi connectivity index (χ1v) is 6.63. The van der Waals surface area contributed by atoms with Crippen molar-refractivity contribution in [3.63, 3.8) is 0 Å². The molecular formula is C16H16FN3O. The average Bonchev–Trinajstić information content (AvgIpc) is 2.49. The van der Waals surface area contributed by atoms with E-state index < -0.39 is 5.82 Å². The van der Waals surface area contributed by atoms with Crippen LogP contribution in [0.5, 0.6) is 5.75 Å². The van der Waals surface area contributed by atoms with Crippen LogP contribution in [0.1, 0.15) is 18.9 Å². The smallest absolute Gasteiger partial charge is 0.144 e. The minimum absolute atomic E-state index is 0.217. The molecule has 0 amide bonds. The Morgan fingerprint density at radius 1 is 1.29 bits per heavy atom. The zero-order chi connectivity index (χ0) is 15.2. The zero-order valence-corrected chi connectivity index (χ0v) is 11.7. The second-order valence-corrected chi connectivity index (χ2v) is 4.49. The van der Waals surface area contributed by atoms with Gasteiger partial charge in [0.05, 0.1) is 29.2 Å². The van der Waals surface area contributed by atoms with Crippen LogP contribution in [0.25, 0.3) is 0 Å². The molecule has 0 heterocycles. The molecule has 0 aromatic heterocycles. The summed E-state index contributed by atoms with van der Waals surface area (Å²) in [6.45, 7) is 2.59. The summed E-state index contributed by atoms with van der Waals surface area (Å²) in [5.74, 6) is 0.132. The molecule has 0 bridgehead atoms. The maximum atomic E-state index is 13.1. The maximum Gasteiger partial charge on any atom is 0.144 e. The Morgan fingerprint density at radius 3 is 2.81 bits per heavy atom. The lowest BCUT2D eigenvalue weighted by Gasteiger charge is -2.14. The highest BCUT2D eigenvalue weighted by atomic mass is 19.1. The molecule has 0 aliphatic heterocycles. The third-order valence-corrected chi connectivity index (χ3v) is 2.90. The number of nitrogens with one attached hydrogen (secondary N) is 1. The van der Waals surface area contributed by atoms with Gasteiger partial charge in [-0.05, 0) is 36.8 Å². The number of hydrogen-bond donors (Lipinski definition) is 2. The topological polar surface area (TPSA) is 71.1 Å². The minimum Gasteiger partial charge on any atom is -0.491 e.